The first kappa shape index (κ1) is 23.0. The first-order valence-electron chi connectivity index (χ1n) is 13.8. The molecule has 0 fully saturated rings. The number of aromatic nitrogens is 5. The molecule has 0 atom stereocenters. The fourth-order valence-corrected chi connectivity index (χ4v) is 6.52. The van der Waals surface area contributed by atoms with Gasteiger partial charge in [-0.2, -0.15) is 9.55 Å². The van der Waals surface area contributed by atoms with Gasteiger partial charge >= 0.3 is 11.6 Å². The number of pyridine rings is 1. The van der Waals surface area contributed by atoms with Crippen molar-refractivity contribution in [2.24, 2.45) is 7.05 Å². The Balaban J connectivity index is 1.61. The summed E-state index contributed by atoms with van der Waals surface area (Å²) in [4.78, 5) is 5.32. The lowest BCUT2D eigenvalue weighted by molar-refractivity contribution is -0.664. The Morgan fingerprint density at radius 3 is 2.30 bits per heavy atom. The molecule has 0 aliphatic heterocycles. The smallest absolute Gasteiger partial charge is 0.314 e. The van der Waals surface area contributed by atoms with E-state index >= 15 is 0 Å². The van der Waals surface area contributed by atoms with E-state index in [9.17, 15) is 0 Å². The van der Waals surface area contributed by atoms with Crippen molar-refractivity contribution in [3.8, 4) is 5.82 Å². The predicted molar refractivity (Wildman–Crippen MR) is 163 cm³/mol. The van der Waals surface area contributed by atoms with E-state index in [1.807, 2.05) is 0 Å². The van der Waals surface area contributed by atoms with Gasteiger partial charge in [-0.25, -0.2) is 4.57 Å². The van der Waals surface area contributed by atoms with E-state index in [0.717, 1.165) is 29.2 Å². The minimum atomic E-state index is 0.783. The Morgan fingerprint density at radius 1 is 0.675 bits per heavy atom. The number of rotatable bonds is 3. The Bertz CT molecular complexity index is 2280. The van der Waals surface area contributed by atoms with Crippen LogP contribution >= 0.6 is 0 Å². The fourth-order valence-electron chi connectivity index (χ4n) is 6.52. The van der Waals surface area contributed by atoms with Crippen LogP contribution in [-0.4, -0.2) is 18.5 Å². The van der Waals surface area contributed by atoms with Gasteiger partial charge in [0, 0.05) is 28.4 Å². The van der Waals surface area contributed by atoms with Crippen molar-refractivity contribution in [2.45, 2.75) is 27.3 Å². The fraction of sp³-hybridized carbons (Fsp3) is 0.143. The molecule has 0 N–H and O–H groups in total. The first-order chi connectivity index (χ1) is 19.5. The molecule has 0 aliphatic carbocycles. The van der Waals surface area contributed by atoms with Crippen LogP contribution in [0, 0.1) is 20.8 Å². The van der Waals surface area contributed by atoms with E-state index in [4.69, 9.17) is 4.98 Å². The van der Waals surface area contributed by atoms with Crippen LogP contribution in [0.5, 0.6) is 0 Å². The van der Waals surface area contributed by atoms with E-state index in [1.165, 1.54) is 55.1 Å². The van der Waals surface area contributed by atoms with Gasteiger partial charge in [0.2, 0.25) is 0 Å². The van der Waals surface area contributed by atoms with Crippen LogP contribution in [0.3, 0.4) is 0 Å². The molecule has 0 bridgehead atoms. The lowest BCUT2D eigenvalue weighted by Gasteiger charge is -2.11. The number of hydrogen-bond donors (Lipinski definition) is 0. The molecular formula is C35H30N5+. The van der Waals surface area contributed by atoms with Crippen molar-refractivity contribution in [1.82, 2.24) is 18.5 Å². The third-order valence-corrected chi connectivity index (χ3v) is 8.63. The third kappa shape index (κ3) is 3.03. The second-order valence-corrected chi connectivity index (χ2v) is 11.0. The zero-order valence-electron chi connectivity index (χ0n) is 23.2. The maximum absolute atomic E-state index is 5.32. The summed E-state index contributed by atoms with van der Waals surface area (Å²) in [6.07, 6.45) is 2.19. The summed E-state index contributed by atoms with van der Waals surface area (Å²) in [5.41, 5.74) is 12.0. The molecule has 40 heavy (non-hydrogen) atoms. The van der Waals surface area contributed by atoms with Gasteiger partial charge in [0.05, 0.1) is 29.8 Å². The van der Waals surface area contributed by atoms with Crippen molar-refractivity contribution in [3.05, 3.63) is 119 Å². The van der Waals surface area contributed by atoms with Crippen molar-refractivity contribution in [3.63, 3.8) is 0 Å². The summed E-state index contributed by atoms with van der Waals surface area (Å²) >= 11 is 0. The molecule has 8 rings (SSSR count). The topological polar surface area (TPSA) is 31.0 Å². The molecule has 0 unspecified atom stereocenters. The van der Waals surface area contributed by atoms with Crippen molar-refractivity contribution in [1.29, 1.82) is 0 Å². The normalized spacial score (nSPS) is 12.1. The monoisotopic (exact) mass is 520 g/mol. The SMILES string of the molecule is Cc1ccc2c(c1C)n(-c1c3c(cc[n+]1C)c1ccccc1n3Cc1ccccc1)c1nc3c(C)cccc3n21. The first-order valence-corrected chi connectivity index (χ1v) is 13.8. The van der Waals surface area contributed by atoms with Crippen LogP contribution < -0.4 is 4.57 Å². The van der Waals surface area contributed by atoms with Gasteiger partial charge < -0.3 is 4.57 Å². The Hall–Kier alpha value is -4.90. The van der Waals surface area contributed by atoms with E-state index in [-0.39, 0.29) is 0 Å². The van der Waals surface area contributed by atoms with Crippen LogP contribution in [0.2, 0.25) is 0 Å². The summed E-state index contributed by atoms with van der Waals surface area (Å²) in [5, 5.41) is 2.51. The van der Waals surface area contributed by atoms with Gasteiger partial charge in [-0.3, -0.25) is 4.40 Å². The lowest BCUT2D eigenvalue weighted by Crippen LogP contribution is -2.34. The van der Waals surface area contributed by atoms with E-state index < -0.39 is 0 Å². The number of hydrogen-bond acceptors (Lipinski definition) is 1. The molecule has 4 heterocycles. The predicted octanol–water partition coefficient (Wildman–Crippen LogP) is 7.34. The highest BCUT2D eigenvalue weighted by Gasteiger charge is 2.31. The van der Waals surface area contributed by atoms with Crippen molar-refractivity contribution < 1.29 is 4.57 Å². The molecule has 0 radical (unpaired) electrons. The van der Waals surface area contributed by atoms with Crippen LogP contribution in [0.15, 0.2) is 97.2 Å². The molecule has 0 aliphatic rings. The Morgan fingerprint density at radius 2 is 1.45 bits per heavy atom. The number of para-hydroxylation sites is 2. The van der Waals surface area contributed by atoms with Crippen molar-refractivity contribution >= 4 is 49.7 Å². The maximum atomic E-state index is 5.32. The number of nitrogens with zero attached hydrogens (tertiary/aromatic N) is 5. The zero-order chi connectivity index (χ0) is 27.1. The molecule has 194 valence electrons. The standard InChI is InChI=1S/C35H30N5/c1-22-17-18-30-32(24(22)3)40(35-36-31-23(2)11-10-16-29(31)39(30)35)34-33-27(19-20-37(34)4)26-14-8-9-15-28(26)38(33)21-25-12-6-5-7-13-25/h5-20H,21H2,1-4H3/q+1. The average molecular weight is 521 g/mol. The average Bonchev–Trinajstić information content (AvgIpc) is 3.60. The van der Waals surface area contributed by atoms with Crippen LogP contribution in [-0.2, 0) is 13.6 Å². The molecule has 0 saturated carbocycles. The number of aryl methyl sites for hydroxylation is 4. The van der Waals surface area contributed by atoms with Gasteiger partial charge in [0.25, 0.3) is 0 Å². The summed E-state index contributed by atoms with van der Waals surface area (Å²) in [6, 6.07) is 32.7. The largest absolute Gasteiger partial charge is 0.329 e. The quantitative estimate of drug-likeness (QED) is 0.224. The van der Waals surface area contributed by atoms with Gasteiger partial charge in [-0.05, 0) is 61.7 Å². The molecule has 5 nitrogen and oxygen atoms in total. The molecule has 4 aromatic carbocycles. The zero-order valence-corrected chi connectivity index (χ0v) is 23.2. The lowest BCUT2D eigenvalue weighted by atomic mass is 10.1. The molecule has 8 aromatic rings. The number of fused-ring (bicyclic) bond motifs is 8. The molecule has 0 amide bonds. The highest BCUT2D eigenvalue weighted by Crippen LogP contribution is 2.37. The van der Waals surface area contributed by atoms with Crippen LogP contribution in [0.4, 0.5) is 0 Å². The van der Waals surface area contributed by atoms with Gasteiger partial charge in [0.1, 0.15) is 5.52 Å². The molecule has 0 spiro atoms. The summed E-state index contributed by atoms with van der Waals surface area (Å²) in [5.74, 6) is 2.05. The Labute approximate surface area is 232 Å². The van der Waals surface area contributed by atoms with Crippen LogP contribution in [0.25, 0.3) is 55.5 Å². The maximum Gasteiger partial charge on any atom is 0.314 e. The molecule has 5 heteroatoms. The van der Waals surface area contributed by atoms with E-state index in [1.54, 1.807) is 0 Å². The van der Waals surface area contributed by atoms with Crippen molar-refractivity contribution in [2.75, 3.05) is 0 Å². The minimum Gasteiger partial charge on any atom is -0.329 e. The second kappa shape index (κ2) is 8.30. The number of imidazole rings is 2. The van der Waals surface area contributed by atoms with E-state index in [0.29, 0.717) is 0 Å². The minimum absolute atomic E-state index is 0.783. The summed E-state index contributed by atoms with van der Waals surface area (Å²) < 4.78 is 9.49. The molecular weight excluding hydrogens is 490 g/mol. The Kier molecular flexibility index (Phi) is 4.78. The van der Waals surface area contributed by atoms with Gasteiger partial charge in [-0.1, -0.05) is 66.7 Å². The summed E-state index contributed by atoms with van der Waals surface area (Å²) in [7, 11) is 2.15. The molecule has 4 aromatic heterocycles. The highest BCUT2D eigenvalue weighted by molar-refractivity contribution is 6.10. The van der Waals surface area contributed by atoms with E-state index in [2.05, 4.69) is 143 Å². The summed E-state index contributed by atoms with van der Waals surface area (Å²) in [6.45, 7) is 7.37. The third-order valence-electron chi connectivity index (χ3n) is 8.63. The highest BCUT2D eigenvalue weighted by atomic mass is 15.3. The van der Waals surface area contributed by atoms with Gasteiger partial charge in [0.15, 0.2) is 5.52 Å². The van der Waals surface area contributed by atoms with Gasteiger partial charge in [-0.15, -0.1) is 0 Å². The number of benzene rings is 4. The van der Waals surface area contributed by atoms with Crippen LogP contribution in [0.1, 0.15) is 22.3 Å². The second-order valence-electron chi connectivity index (χ2n) is 11.0. The molecule has 0 saturated heterocycles.